The Balaban J connectivity index is 2.29. The van der Waals surface area contributed by atoms with Crippen LogP contribution >= 0.6 is 0 Å². The quantitative estimate of drug-likeness (QED) is 0.653. The predicted molar refractivity (Wildman–Crippen MR) is 84.1 cm³/mol. The first-order chi connectivity index (χ1) is 11.4. The Morgan fingerprint density at radius 1 is 1.04 bits per heavy atom. The van der Waals surface area contributed by atoms with Gasteiger partial charge in [0.05, 0.1) is 16.8 Å². The number of amides is 2. The predicted octanol–water partition coefficient (Wildman–Crippen LogP) is 1.68. The maximum absolute atomic E-state index is 11.4. The molecule has 0 saturated heterocycles. The molecule has 0 spiro atoms. The summed E-state index contributed by atoms with van der Waals surface area (Å²) in [7, 11) is 0. The van der Waals surface area contributed by atoms with Crippen molar-refractivity contribution in [3.05, 3.63) is 41.7 Å². The zero-order valence-corrected chi connectivity index (χ0v) is 12.6. The van der Waals surface area contributed by atoms with E-state index in [1.807, 2.05) is 0 Å². The molecule has 9 nitrogen and oxygen atoms in total. The molecule has 0 atom stereocenters. The van der Waals surface area contributed by atoms with Crippen LogP contribution in [0.2, 0.25) is 0 Å². The topological polar surface area (TPSA) is 142 Å². The van der Waals surface area contributed by atoms with Gasteiger partial charge in [0.25, 0.3) is 0 Å². The van der Waals surface area contributed by atoms with Gasteiger partial charge in [-0.15, -0.1) is 0 Å². The van der Waals surface area contributed by atoms with E-state index in [0.717, 1.165) is 6.20 Å². The van der Waals surface area contributed by atoms with Gasteiger partial charge in [-0.25, -0.2) is 19.4 Å². The summed E-state index contributed by atoms with van der Waals surface area (Å²) in [5.41, 5.74) is -0.0175. The van der Waals surface area contributed by atoms with E-state index in [4.69, 9.17) is 10.2 Å². The zero-order valence-electron chi connectivity index (χ0n) is 12.6. The molecule has 4 N–H and O–H groups in total. The molecule has 2 amide bonds. The molecule has 0 unspecified atom stereocenters. The van der Waals surface area contributed by atoms with Gasteiger partial charge >= 0.3 is 18.0 Å². The smallest absolute Gasteiger partial charge is 0.338 e. The lowest BCUT2D eigenvalue weighted by atomic mass is 10.1. The van der Waals surface area contributed by atoms with Crippen molar-refractivity contribution in [1.29, 1.82) is 0 Å². The number of urea groups is 1. The van der Waals surface area contributed by atoms with Crippen LogP contribution in [0.4, 0.5) is 10.6 Å². The second-order valence-electron chi connectivity index (χ2n) is 4.64. The Bertz CT molecular complexity index is 789. The molecular formula is C15H14N4O5. The Hall–Kier alpha value is -3.49. The van der Waals surface area contributed by atoms with Crippen LogP contribution < -0.4 is 10.6 Å². The molecule has 2 rings (SSSR count). The van der Waals surface area contributed by atoms with Crippen LogP contribution in [-0.2, 0) is 0 Å². The fourth-order valence-electron chi connectivity index (χ4n) is 1.90. The number of aromatic nitrogens is 2. The number of rotatable bonds is 5. The van der Waals surface area contributed by atoms with E-state index in [2.05, 4.69) is 20.6 Å². The molecular weight excluding hydrogens is 316 g/mol. The van der Waals surface area contributed by atoms with Crippen LogP contribution in [0, 0.1) is 0 Å². The first kappa shape index (κ1) is 16.9. The Morgan fingerprint density at radius 2 is 1.75 bits per heavy atom. The van der Waals surface area contributed by atoms with E-state index in [9.17, 15) is 14.4 Å². The van der Waals surface area contributed by atoms with Crippen molar-refractivity contribution in [1.82, 2.24) is 15.3 Å². The highest BCUT2D eigenvalue weighted by Gasteiger charge is 2.18. The van der Waals surface area contributed by atoms with E-state index in [1.165, 1.54) is 18.3 Å². The highest BCUT2D eigenvalue weighted by molar-refractivity contribution is 6.02. The molecule has 0 aromatic carbocycles. The number of nitrogens with one attached hydrogen (secondary N) is 2. The van der Waals surface area contributed by atoms with Gasteiger partial charge in [0.2, 0.25) is 0 Å². The van der Waals surface area contributed by atoms with Gasteiger partial charge in [-0.1, -0.05) is 0 Å². The highest BCUT2D eigenvalue weighted by Crippen LogP contribution is 2.20. The summed E-state index contributed by atoms with van der Waals surface area (Å²) < 4.78 is 0. The fourth-order valence-corrected chi connectivity index (χ4v) is 1.90. The average Bonchev–Trinajstić information content (AvgIpc) is 2.55. The van der Waals surface area contributed by atoms with E-state index in [0.29, 0.717) is 17.9 Å². The fraction of sp³-hybridized carbons (Fsp3) is 0.133. The number of carboxylic acid groups (broad SMARTS) is 2. The lowest BCUT2D eigenvalue weighted by Crippen LogP contribution is -2.28. The molecule has 24 heavy (non-hydrogen) atoms. The largest absolute Gasteiger partial charge is 0.478 e. The van der Waals surface area contributed by atoms with Crippen LogP contribution in [0.3, 0.4) is 0 Å². The van der Waals surface area contributed by atoms with E-state index in [1.54, 1.807) is 13.0 Å². The first-order valence-corrected chi connectivity index (χ1v) is 6.90. The second-order valence-corrected chi connectivity index (χ2v) is 4.64. The summed E-state index contributed by atoms with van der Waals surface area (Å²) in [6.07, 6.45) is 2.39. The lowest BCUT2D eigenvalue weighted by Gasteiger charge is -2.07. The Kier molecular flexibility index (Phi) is 5.05. The van der Waals surface area contributed by atoms with Gasteiger partial charge < -0.3 is 15.5 Å². The van der Waals surface area contributed by atoms with E-state index in [-0.39, 0.29) is 11.3 Å². The van der Waals surface area contributed by atoms with Gasteiger partial charge in [-0.2, -0.15) is 0 Å². The maximum atomic E-state index is 11.4. The van der Waals surface area contributed by atoms with Gasteiger partial charge in [0.1, 0.15) is 5.82 Å². The van der Waals surface area contributed by atoms with Crippen molar-refractivity contribution >= 4 is 23.8 Å². The number of aromatic carboxylic acids is 2. The molecule has 9 heteroatoms. The van der Waals surface area contributed by atoms with Gasteiger partial charge in [0.15, 0.2) is 0 Å². The summed E-state index contributed by atoms with van der Waals surface area (Å²) in [6.45, 7) is 2.25. The minimum Gasteiger partial charge on any atom is -0.478 e. The number of hydrogen-bond acceptors (Lipinski definition) is 5. The number of hydrogen-bond donors (Lipinski definition) is 4. The van der Waals surface area contributed by atoms with Crippen molar-refractivity contribution < 1.29 is 24.6 Å². The molecule has 0 radical (unpaired) electrons. The van der Waals surface area contributed by atoms with Gasteiger partial charge in [-0.05, 0) is 25.1 Å². The summed E-state index contributed by atoms with van der Waals surface area (Å²) in [5.74, 6) is -2.42. The SMILES string of the molecule is CCNC(=O)Nc1ccc(-c2cc(C(=O)O)c(C(=O)O)cn2)cn1. The third-order valence-electron chi connectivity index (χ3n) is 3.00. The molecule has 0 bridgehead atoms. The van der Waals surface area contributed by atoms with Gasteiger partial charge in [-0.3, -0.25) is 10.3 Å². The van der Waals surface area contributed by atoms with Crippen molar-refractivity contribution in [3.63, 3.8) is 0 Å². The highest BCUT2D eigenvalue weighted by atomic mass is 16.4. The molecule has 2 aromatic heterocycles. The molecule has 0 aliphatic heterocycles. The normalized spacial score (nSPS) is 10.0. The number of anilines is 1. The number of carbonyl (C=O) groups is 3. The number of carboxylic acids is 2. The summed E-state index contributed by atoms with van der Waals surface area (Å²) in [5, 5.41) is 23.2. The van der Waals surface area contributed by atoms with E-state index < -0.39 is 23.5 Å². The minimum absolute atomic E-state index is 0.259. The standard InChI is InChI=1S/C15H14N4O5/c1-2-16-15(24)19-12-4-3-8(6-18-12)11-5-9(13(20)21)10(7-17-11)14(22)23/h3-7H,2H2,1H3,(H,20,21)(H,22,23)(H2,16,18,19,24). The van der Waals surface area contributed by atoms with Crippen LogP contribution in [0.1, 0.15) is 27.6 Å². The molecule has 2 aromatic rings. The summed E-state index contributed by atoms with van der Waals surface area (Å²) in [6, 6.07) is 3.88. The Morgan fingerprint density at radius 3 is 2.29 bits per heavy atom. The molecule has 0 aliphatic rings. The second kappa shape index (κ2) is 7.18. The van der Waals surface area contributed by atoms with Crippen molar-refractivity contribution in [3.8, 4) is 11.3 Å². The summed E-state index contributed by atoms with van der Waals surface area (Å²) >= 11 is 0. The molecule has 0 fully saturated rings. The summed E-state index contributed by atoms with van der Waals surface area (Å²) in [4.78, 5) is 41.6. The monoisotopic (exact) mass is 330 g/mol. The van der Waals surface area contributed by atoms with Crippen molar-refractivity contribution in [2.75, 3.05) is 11.9 Å². The van der Waals surface area contributed by atoms with Crippen molar-refractivity contribution in [2.45, 2.75) is 6.92 Å². The number of pyridine rings is 2. The number of carbonyl (C=O) groups excluding carboxylic acids is 1. The van der Waals surface area contributed by atoms with E-state index >= 15 is 0 Å². The molecule has 2 heterocycles. The van der Waals surface area contributed by atoms with Crippen molar-refractivity contribution in [2.24, 2.45) is 0 Å². The van der Waals surface area contributed by atoms with Gasteiger partial charge in [0, 0.05) is 24.5 Å². The first-order valence-electron chi connectivity index (χ1n) is 6.90. The molecule has 0 aliphatic carbocycles. The zero-order chi connectivity index (χ0) is 17.7. The third kappa shape index (κ3) is 3.83. The van der Waals surface area contributed by atoms with Crippen LogP contribution in [-0.4, -0.2) is 44.7 Å². The minimum atomic E-state index is -1.37. The molecule has 0 saturated carbocycles. The lowest BCUT2D eigenvalue weighted by molar-refractivity contribution is 0.0651. The Labute approximate surface area is 136 Å². The average molecular weight is 330 g/mol. The number of nitrogens with zero attached hydrogens (tertiary/aromatic N) is 2. The van der Waals surface area contributed by atoms with Crippen LogP contribution in [0.15, 0.2) is 30.6 Å². The van der Waals surface area contributed by atoms with Crippen LogP contribution in [0.5, 0.6) is 0 Å². The third-order valence-corrected chi connectivity index (χ3v) is 3.00. The molecule has 124 valence electrons. The van der Waals surface area contributed by atoms with Crippen LogP contribution in [0.25, 0.3) is 11.3 Å². The maximum Gasteiger partial charge on any atom is 0.338 e.